The molecule has 0 unspecified atom stereocenters. The molecule has 1 saturated carbocycles. The van der Waals surface area contributed by atoms with E-state index in [0.717, 1.165) is 0 Å². The van der Waals surface area contributed by atoms with Crippen LogP contribution in [0.1, 0.15) is 56.3 Å². The molecule has 17 heteroatoms. The van der Waals surface area contributed by atoms with E-state index in [1.165, 1.54) is 51.5 Å². The van der Waals surface area contributed by atoms with E-state index < -0.39 is 33.7 Å². The summed E-state index contributed by atoms with van der Waals surface area (Å²) in [6.07, 6.45) is 1.78. The predicted octanol–water partition coefficient (Wildman–Crippen LogP) is 3.57. The van der Waals surface area contributed by atoms with E-state index in [0.29, 0.717) is 18.7 Å². The van der Waals surface area contributed by atoms with E-state index in [1.807, 2.05) is 0 Å². The summed E-state index contributed by atoms with van der Waals surface area (Å²) in [5.74, 6) is -0.648. The molecule has 0 amide bonds. The van der Waals surface area contributed by atoms with Crippen LogP contribution in [0, 0.1) is 5.92 Å². The van der Waals surface area contributed by atoms with E-state index in [9.17, 15) is 17.2 Å². The molecule has 3 aromatic heterocycles. The van der Waals surface area contributed by atoms with Gasteiger partial charge in [-0.1, -0.05) is 11.6 Å². The normalized spacial score (nSPS) is 19.3. The zero-order chi connectivity index (χ0) is 29.0. The van der Waals surface area contributed by atoms with Crippen LogP contribution in [0.3, 0.4) is 0 Å². The third kappa shape index (κ3) is 6.07. The van der Waals surface area contributed by atoms with Gasteiger partial charge in [0.1, 0.15) is 23.5 Å². The number of nitrogens with zero attached hydrogens (tertiary/aromatic N) is 7. The molecule has 1 aliphatic carbocycles. The fraction of sp³-hybridized carbons (Fsp3) is 0.565. The Hall–Kier alpha value is -3.24. The molecule has 3 heterocycles. The van der Waals surface area contributed by atoms with Crippen LogP contribution in [0.5, 0.6) is 11.8 Å². The van der Waals surface area contributed by atoms with Gasteiger partial charge in [0.25, 0.3) is 0 Å². The van der Waals surface area contributed by atoms with Gasteiger partial charge in [0.2, 0.25) is 34.2 Å². The first-order chi connectivity index (χ1) is 19.1. The van der Waals surface area contributed by atoms with E-state index in [2.05, 4.69) is 34.9 Å². The van der Waals surface area contributed by atoms with Gasteiger partial charge < -0.3 is 14.2 Å². The number of anilines is 1. The van der Waals surface area contributed by atoms with Crippen molar-refractivity contribution in [2.45, 2.75) is 56.3 Å². The molecule has 2 atom stereocenters. The predicted molar refractivity (Wildman–Crippen MR) is 140 cm³/mol. The first-order valence-electron chi connectivity index (χ1n) is 12.3. The molecule has 4 rings (SSSR count). The highest BCUT2D eigenvalue weighted by Crippen LogP contribution is 2.41. The Labute approximate surface area is 234 Å². The van der Waals surface area contributed by atoms with E-state index in [4.69, 9.17) is 25.8 Å². The van der Waals surface area contributed by atoms with Gasteiger partial charge in [-0.05, 0) is 32.6 Å². The monoisotopic (exact) mass is 602 g/mol. The minimum Gasteiger partial charge on any atom is -0.479 e. The summed E-state index contributed by atoms with van der Waals surface area (Å²) in [6.45, 7) is 1.43. The number of alkyl halides is 2. The van der Waals surface area contributed by atoms with Crippen molar-refractivity contribution >= 4 is 27.6 Å². The zero-order valence-corrected chi connectivity index (χ0v) is 23.7. The van der Waals surface area contributed by atoms with Gasteiger partial charge in [0, 0.05) is 31.3 Å². The first kappa shape index (κ1) is 29.7. The highest BCUT2D eigenvalue weighted by Gasteiger charge is 2.37. The van der Waals surface area contributed by atoms with Crippen LogP contribution in [0.2, 0.25) is 5.02 Å². The molecule has 1 fully saturated rings. The third-order valence-electron chi connectivity index (χ3n) is 6.84. The highest BCUT2D eigenvalue weighted by atomic mass is 35.5. The topological polar surface area (TPSA) is 156 Å². The summed E-state index contributed by atoms with van der Waals surface area (Å²) in [5, 5.41) is 7.48. The molecule has 1 N–H and O–H groups in total. The Kier molecular flexibility index (Phi) is 9.30. The fourth-order valence-corrected chi connectivity index (χ4v) is 5.90. The van der Waals surface area contributed by atoms with E-state index >= 15 is 0 Å². The van der Waals surface area contributed by atoms with Crippen molar-refractivity contribution in [1.82, 2.24) is 34.7 Å². The van der Waals surface area contributed by atoms with Crippen molar-refractivity contribution in [3.8, 4) is 17.4 Å². The Morgan fingerprint density at radius 3 is 2.12 bits per heavy atom. The summed E-state index contributed by atoms with van der Waals surface area (Å²) < 4.78 is 74.0. The van der Waals surface area contributed by atoms with Crippen LogP contribution in [0.25, 0.3) is 5.69 Å². The second-order valence-corrected chi connectivity index (χ2v) is 11.6. The maximum Gasteiger partial charge on any atom is 0.245 e. The molecule has 218 valence electrons. The van der Waals surface area contributed by atoms with Gasteiger partial charge in [0.05, 0.1) is 19.2 Å². The highest BCUT2D eigenvalue weighted by molar-refractivity contribution is 7.93. The molecule has 0 bridgehead atoms. The van der Waals surface area contributed by atoms with Crippen LogP contribution in [0.4, 0.5) is 14.7 Å². The number of halogens is 3. The number of aromatic nitrogens is 7. The SMILES string of the molecule is COc1ncnc(OC)c1-n1c(NS(=O)(=O)[C@@H](C)[C@H](OC)c2ncc(Cl)cn2)nnc1[C@H]1CC[C@@H](C(F)F)CC1. The van der Waals surface area contributed by atoms with Crippen LogP contribution in [0.15, 0.2) is 18.7 Å². The maximum atomic E-state index is 13.6. The lowest BCUT2D eigenvalue weighted by Crippen LogP contribution is -2.33. The molecule has 0 spiro atoms. The summed E-state index contributed by atoms with van der Waals surface area (Å²) in [7, 11) is -0.129. The number of rotatable bonds is 11. The van der Waals surface area contributed by atoms with Crippen molar-refractivity contribution in [3.05, 3.63) is 35.4 Å². The van der Waals surface area contributed by atoms with Gasteiger partial charge in [-0.25, -0.2) is 27.2 Å². The Morgan fingerprint density at radius 2 is 1.60 bits per heavy atom. The van der Waals surface area contributed by atoms with Gasteiger partial charge in [-0.15, -0.1) is 10.2 Å². The molecular weight excluding hydrogens is 574 g/mol. The maximum absolute atomic E-state index is 13.6. The fourth-order valence-electron chi connectivity index (χ4n) is 4.67. The summed E-state index contributed by atoms with van der Waals surface area (Å²) in [5.41, 5.74) is 0.151. The second-order valence-electron chi connectivity index (χ2n) is 9.17. The standard InChI is InChI=1S/C23H29ClF2N8O5S/c1-12(17(37-2)19-27-9-15(24)10-28-19)40(35,36)33-23-32-31-20(14-7-5-13(6-8-14)18(25)26)34(23)16-21(38-3)29-11-30-22(16)39-4/h9-14,17-18H,5-8H2,1-4H3,(H,32,33)/t12-,13-,14+,17-/m0/s1. The molecule has 13 nitrogen and oxygen atoms in total. The number of ether oxygens (including phenoxy) is 3. The lowest BCUT2D eigenvalue weighted by molar-refractivity contribution is 0.0522. The summed E-state index contributed by atoms with van der Waals surface area (Å²) >= 11 is 5.87. The number of hydrogen-bond acceptors (Lipinski definition) is 11. The zero-order valence-electron chi connectivity index (χ0n) is 22.2. The van der Waals surface area contributed by atoms with Crippen LogP contribution >= 0.6 is 11.6 Å². The number of nitrogens with one attached hydrogen (secondary N) is 1. The molecule has 1 aliphatic rings. The van der Waals surface area contributed by atoms with E-state index in [-0.39, 0.29) is 53.0 Å². The van der Waals surface area contributed by atoms with Crippen LogP contribution in [-0.2, 0) is 14.8 Å². The molecule has 0 aromatic carbocycles. The molecular formula is C23H29ClF2N8O5S. The van der Waals surface area contributed by atoms with Crippen molar-refractivity contribution in [3.63, 3.8) is 0 Å². The molecule has 0 radical (unpaired) electrons. The lowest BCUT2D eigenvalue weighted by Gasteiger charge is -2.28. The summed E-state index contributed by atoms with van der Waals surface area (Å²) in [4.78, 5) is 16.4. The molecule has 40 heavy (non-hydrogen) atoms. The van der Waals surface area contributed by atoms with Crippen molar-refractivity contribution in [2.24, 2.45) is 5.92 Å². The van der Waals surface area contributed by atoms with Crippen molar-refractivity contribution < 1.29 is 31.4 Å². The second kappa shape index (κ2) is 12.5. The van der Waals surface area contributed by atoms with Gasteiger partial charge in [0.15, 0.2) is 11.5 Å². The number of sulfonamides is 1. The summed E-state index contributed by atoms with van der Waals surface area (Å²) in [6, 6.07) is 0. The largest absolute Gasteiger partial charge is 0.479 e. The molecule has 0 aliphatic heterocycles. The Morgan fingerprint density at radius 1 is 1.00 bits per heavy atom. The number of methoxy groups -OCH3 is 3. The van der Waals surface area contributed by atoms with Gasteiger partial charge >= 0.3 is 0 Å². The quantitative estimate of drug-likeness (QED) is 0.342. The van der Waals surface area contributed by atoms with E-state index in [1.54, 1.807) is 0 Å². The number of hydrogen-bond donors (Lipinski definition) is 1. The van der Waals surface area contributed by atoms with Gasteiger partial charge in [-0.2, -0.15) is 9.97 Å². The van der Waals surface area contributed by atoms with Crippen molar-refractivity contribution in [2.75, 3.05) is 26.1 Å². The van der Waals surface area contributed by atoms with Crippen LogP contribution < -0.4 is 14.2 Å². The van der Waals surface area contributed by atoms with Crippen LogP contribution in [-0.4, -0.2) is 76.1 Å². The van der Waals surface area contributed by atoms with Crippen molar-refractivity contribution in [1.29, 1.82) is 0 Å². The first-order valence-corrected chi connectivity index (χ1v) is 14.2. The third-order valence-corrected chi connectivity index (χ3v) is 8.73. The van der Waals surface area contributed by atoms with Gasteiger partial charge in [-0.3, -0.25) is 9.29 Å². The minimum absolute atomic E-state index is 0.0620. The lowest BCUT2D eigenvalue weighted by atomic mass is 9.81. The Bertz CT molecular complexity index is 1380. The average molecular weight is 603 g/mol. The molecule has 3 aromatic rings. The molecule has 0 saturated heterocycles. The Balaban J connectivity index is 1.76. The average Bonchev–Trinajstić information content (AvgIpc) is 3.35. The smallest absolute Gasteiger partial charge is 0.245 e. The minimum atomic E-state index is -4.22.